The average molecular weight is 358 g/mol. The van der Waals surface area contributed by atoms with E-state index in [0.29, 0.717) is 0 Å². The molecule has 3 aromatic rings. The van der Waals surface area contributed by atoms with Crippen molar-refractivity contribution in [2.75, 3.05) is 5.32 Å². The summed E-state index contributed by atoms with van der Waals surface area (Å²) in [5.74, 6) is 1.02. The van der Waals surface area contributed by atoms with Crippen molar-refractivity contribution in [3.05, 3.63) is 95.2 Å². The van der Waals surface area contributed by atoms with Gasteiger partial charge in [0.25, 0.3) is 0 Å². The van der Waals surface area contributed by atoms with E-state index in [1.54, 1.807) is 6.92 Å². The van der Waals surface area contributed by atoms with Crippen LogP contribution in [0.2, 0.25) is 0 Å². The Morgan fingerprint density at radius 1 is 1.04 bits per heavy atom. The Hall–Kier alpha value is -2.94. The van der Waals surface area contributed by atoms with Gasteiger partial charge in [0.05, 0.1) is 6.04 Å². The summed E-state index contributed by atoms with van der Waals surface area (Å²) in [7, 11) is 0. The summed E-state index contributed by atoms with van der Waals surface area (Å²) >= 11 is 0. The van der Waals surface area contributed by atoms with Gasteiger partial charge in [-0.3, -0.25) is 4.79 Å². The second-order valence-corrected chi connectivity index (χ2v) is 6.92. The number of carbonyl (C=O) groups is 1. The maximum Gasteiger partial charge on any atom is 0.160 e. The smallest absolute Gasteiger partial charge is 0.160 e. The van der Waals surface area contributed by atoms with E-state index in [-0.39, 0.29) is 11.8 Å². The predicted molar refractivity (Wildman–Crippen MR) is 111 cm³/mol. The second-order valence-electron chi connectivity index (χ2n) is 6.92. The summed E-state index contributed by atoms with van der Waals surface area (Å²) in [5.41, 5.74) is 4.43. The molecule has 138 valence electrons. The molecule has 0 saturated carbocycles. The Morgan fingerprint density at radius 2 is 1.81 bits per heavy atom. The first kappa shape index (κ1) is 18.8. The molecule has 0 bridgehead atoms. The molecule has 0 radical (unpaired) electrons. The van der Waals surface area contributed by atoms with Gasteiger partial charge in [-0.15, -0.1) is 0 Å². The van der Waals surface area contributed by atoms with Gasteiger partial charge in [0, 0.05) is 11.8 Å². The van der Waals surface area contributed by atoms with Crippen LogP contribution in [0.5, 0.6) is 0 Å². The molecule has 0 saturated heterocycles. The molecule has 2 aromatic carbocycles. The van der Waals surface area contributed by atoms with Crippen LogP contribution in [0.4, 0.5) is 5.82 Å². The quantitative estimate of drug-likeness (QED) is 0.520. The molecule has 3 rings (SSSR count). The molecule has 27 heavy (non-hydrogen) atoms. The lowest BCUT2D eigenvalue weighted by molar-refractivity contribution is 0.101. The molecular weight excluding hydrogens is 332 g/mol. The summed E-state index contributed by atoms with van der Waals surface area (Å²) in [5, 5.41) is 3.56. The lowest BCUT2D eigenvalue weighted by atomic mass is 9.96. The third kappa shape index (κ3) is 5.27. The van der Waals surface area contributed by atoms with Gasteiger partial charge in [0.2, 0.25) is 0 Å². The fourth-order valence-electron chi connectivity index (χ4n) is 3.42. The van der Waals surface area contributed by atoms with E-state index in [1.807, 2.05) is 43.5 Å². The zero-order valence-electron chi connectivity index (χ0n) is 16.0. The number of nitrogens with zero attached hydrogens (tertiary/aromatic N) is 1. The number of Topliss-reactive ketones (excluding diaryl/α,β-unsaturated/α-hetero) is 1. The van der Waals surface area contributed by atoms with Gasteiger partial charge in [0.15, 0.2) is 5.78 Å². The topological polar surface area (TPSA) is 42.0 Å². The molecule has 0 aliphatic heterocycles. The van der Waals surface area contributed by atoms with E-state index in [4.69, 9.17) is 0 Å². The van der Waals surface area contributed by atoms with Gasteiger partial charge in [-0.05, 0) is 61.9 Å². The molecule has 0 fully saturated rings. The number of anilines is 1. The van der Waals surface area contributed by atoms with E-state index < -0.39 is 0 Å². The summed E-state index contributed by atoms with van der Waals surface area (Å²) in [4.78, 5) is 16.0. The van der Waals surface area contributed by atoms with Crippen LogP contribution in [0.25, 0.3) is 0 Å². The van der Waals surface area contributed by atoms with Crippen LogP contribution >= 0.6 is 0 Å². The first-order valence-electron chi connectivity index (χ1n) is 9.46. The van der Waals surface area contributed by atoms with Crippen LogP contribution in [0, 0.1) is 6.92 Å². The maximum absolute atomic E-state index is 11.6. The zero-order chi connectivity index (χ0) is 19.1. The minimum atomic E-state index is 0.128. The summed E-state index contributed by atoms with van der Waals surface area (Å²) in [6, 6.07) is 22.8. The number of ketones is 1. The monoisotopic (exact) mass is 358 g/mol. The van der Waals surface area contributed by atoms with Crippen molar-refractivity contribution in [1.82, 2.24) is 4.98 Å². The largest absolute Gasteiger partial charge is 0.363 e. The summed E-state index contributed by atoms with van der Waals surface area (Å²) in [6.45, 7) is 3.63. The van der Waals surface area contributed by atoms with Crippen LogP contribution < -0.4 is 5.32 Å². The van der Waals surface area contributed by atoms with E-state index >= 15 is 0 Å². The number of nitrogens with one attached hydrogen (secondary N) is 1. The molecule has 1 atom stereocenters. The number of rotatable bonds is 8. The zero-order valence-corrected chi connectivity index (χ0v) is 16.0. The highest BCUT2D eigenvalue weighted by molar-refractivity contribution is 5.95. The standard InChI is InChI=1S/C24H26N2O/c1-18-17-20(14-15-22(18)19(2)27)9-8-12-23(21-10-4-3-5-11-21)26-24-13-6-7-16-25-24/h3-7,10-11,13-17,23H,8-9,12H2,1-2H3,(H,25,26). The average Bonchev–Trinajstić information content (AvgIpc) is 2.68. The predicted octanol–water partition coefficient (Wildman–Crippen LogP) is 5.77. The van der Waals surface area contributed by atoms with Crippen LogP contribution in [0.15, 0.2) is 72.9 Å². The van der Waals surface area contributed by atoms with E-state index in [1.165, 1.54) is 11.1 Å². The van der Waals surface area contributed by atoms with Crippen molar-refractivity contribution >= 4 is 11.6 Å². The highest BCUT2D eigenvalue weighted by Crippen LogP contribution is 2.24. The number of hydrogen-bond acceptors (Lipinski definition) is 3. The second kappa shape index (κ2) is 9.13. The van der Waals surface area contributed by atoms with E-state index in [0.717, 1.165) is 36.2 Å². The highest BCUT2D eigenvalue weighted by atomic mass is 16.1. The Balaban J connectivity index is 1.66. The minimum absolute atomic E-state index is 0.128. The minimum Gasteiger partial charge on any atom is -0.363 e. The number of benzene rings is 2. The lowest BCUT2D eigenvalue weighted by Gasteiger charge is -2.20. The van der Waals surface area contributed by atoms with Gasteiger partial charge in [0.1, 0.15) is 5.82 Å². The number of carbonyl (C=O) groups excluding carboxylic acids is 1. The lowest BCUT2D eigenvalue weighted by Crippen LogP contribution is -2.12. The van der Waals surface area contributed by atoms with Gasteiger partial charge < -0.3 is 5.32 Å². The summed E-state index contributed by atoms with van der Waals surface area (Å²) < 4.78 is 0. The molecule has 1 aromatic heterocycles. The van der Waals surface area contributed by atoms with Crippen LogP contribution in [0.3, 0.4) is 0 Å². The Morgan fingerprint density at radius 3 is 2.48 bits per heavy atom. The maximum atomic E-state index is 11.6. The van der Waals surface area contributed by atoms with Crippen molar-refractivity contribution in [3.63, 3.8) is 0 Å². The first-order chi connectivity index (χ1) is 13.1. The van der Waals surface area contributed by atoms with Gasteiger partial charge >= 0.3 is 0 Å². The highest BCUT2D eigenvalue weighted by Gasteiger charge is 2.12. The van der Waals surface area contributed by atoms with E-state index in [9.17, 15) is 4.79 Å². The van der Waals surface area contributed by atoms with Crippen molar-refractivity contribution in [2.45, 2.75) is 39.2 Å². The molecule has 1 heterocycles. The molecule has 3 heteroatoms. The summed E-state index contributed by atoms with van der Waals surface area (Å²) in [6.07, 6.45) is 4.86. The molecule has 0 aliphatic rings. The third-order valence-electron chi connectivity index (χ3n) is 4.82. The molecule has 0 spiro atoms. The number of hydrogen-bond donors (Lipinski definition) is 1. The molecular formula is C24H26N2O. The van der Waals surface area contributed by atoms with Gasteiger partial charge in [-0.1, -0.05) is 54.6 Å². The number of pyridine rings is 1. The molecule has 0 amide bonds. The molecule has 1 N–H and O–H groups in total. The van der Waals surface area contributed by atoms with Gasteiger partial charge in [-0.2, -0.15) is 0 Å². The normalized spacial score (nSPS) is 11.8. The van der Waals surface area contributed by atoms with Crippen molar-refractivity contribution < 1.29 is 4.79 Å². The van der Waals surface area contributed by atoms with Crippen LogP contribution in [-0.4, -0.2) is 10.8 Å². The van der Waals surface area contributed by atoms with Crippen molar-refractivity contribution in [2.24, 2.45) is 0 Å². The fraction of sp³-hybridized carbons (Fsp3) is 0.250. The Labute approximate surface area is 161 Å². The molecule has 1 unspecified atom stereocenters. The molecule has 3 nitrogen and oxygen atoms in total. The SMILES string of the molecule is CC(=O)c1ccc(CCCC(Nc2ccccn2)c2ccccc2)cc1C. The third-order valence-corrected chi connectivity index (χ3v) is 4.82. The number of aromatic nitrogens is 1. The number of aryl methyl sites for hydroxylation is 2. The fourth-order valence-corrected chi connectivity index (χ4v) is 3.42. The van der Waals surface area contributed by atoms with Gasteiger partial charge in [-0.25, -0.2) is 4.98 Å². The van der Waals surface area contributed by atoms with E-state index in [2.05, 4.69) is 46.7 Å². The Kier molecular flexibility index (Phi) is 6.37. The molecule has 0 aliphatic carbocycles. The van der Waals surface area contributed by atoms with Crippen LogP contribution in [0.1, 0.15) is 52.9 Å². The first-order valence-corrected chi connectivity index (χ1v) is 9.46. The van der Waals surface area contributed by atoms with Crippen molar-refractivity contribution in [3.8, 4) is 0 Å². The van der Waals surface area contributed by atoms with Crippen LogP contribution in [-0.2, 0) is 6.42 Å². The Bertz CT molecular complexity index is 875. The van der Waals surface area contributed by atoms with Crippen molar-refractivity contribution in [1.29, 1.82) is 0 Å².